The number of likely N-dealkylation sites (tertiary alicyclic amines) is 2. The molecule has 1 unspecified atom stereocenters. The van der Waals surface area contributed by atoms with E-state index in [1.165, 1.54) is 0 Å². The fraction of sp³-hybridized carbons (Fsp3) is 0.692. The molecule has 0 saturated carbocycles. The van der Waals surface area contributed by atoms with E-state index < -0.39 is 5.60 Å². The second-order valence-corrected chi connectivity index (χ2v) is 10.5. The van der Waals surface area contributed by atoms with Crippen LogP contribution < -0.4 is 0 Å². The van der Waals surface area contributed by atoms with Gasteiger partial charge in [0.05, 0.1) is 6.10 Å². The minimum atomic E-state index is -0.474. The Morgan fingerprint density at radius 1 is 0.909 bits per heavy atom. The molecule has 2 aliphatic rings. The second-order valence-electron chi connectivity index (χ2n) is 10.5. The summed E-state index contributed by atoms with van der Waals surface area (Å²) in [7, 11) is 0. The van der Waals surface area contributed by atoms with Gasteiger partial charge < -0.3 is 24.4 Å². The van der Waals surface area contributed by atoms with Gasteiger partial charge in [0.25, 0.3) is 0 Å². The van der Waals surface area contributed by atoms with Crippen LogP contribution in [0, 0.1) is 11.8 Å². The normalized spacial score (nSPS) is 19.3. The highest BCUT2D eigenvalue weighted by Crippen LogP contribution is 2.28. The van der Waals surface area contributed by atoms with Crippen LogP contribution in [-0.2, 0) is 16.1 Å². The molecule has 7 nitrogen and oxygen atoms in total. The summed E-state index contributed by atoms with van der Waals surface area (Å²) in [5.74, 6) is 0.867. The lowest BCUT2D eigenvalue weighted by Crippen LogP contribution is -2.42. The molecule has 0 aromatic heterocycles. The van der Waals surface area contributed by atoms with Crippen molar-refractivity contribution >= 4 is 12.2 Å². The Morgan fingerprint density at radius 2 is 1.39 bits per heavy atom. The van der Waals surface area contributed by atoms with Crippen molar-refractivity contribution < 1.29 is 24.2 Å². The highest BCUT2D eigenvalue weighted by atomic mass is 16.6. The maximum Gasteiger partial charge on any atom is 0.410 e. The molecular weight excluding hydrogens is 420 g/mol. The topological polar surface area (TPSA) is 79.3 Å². The predicted octanol–water partition coefficient (Wildman–Crippen LogP) is 4.82. The Balaban J connectivity index is 1.31. The highest BCUT2D eigenvalue weighted by molar-refractivity contribution is 5.68. The fourth-order valence-corrected chi connectivity index (χ4v) is 4.71. The van der Waals surface area contributed by atoms with E-state index >= 15 is 0 Å². The summed E-state index contributed by atoms with van der Waals surface area (Å²) < 4.78 is 10.9. The number of piperidine rings is 2. The van der Waals surface area contributed by atoms with E-state index in [1.807, 2.05) is 51.1 Å². The number of hydrogen-bond donors (Lipinski definition) is 1. The van der Waals surface area contributed by atoms with Crippen molar-refractivity contribution in [2.24, 2.45) is 11.8 Å². The van der Waals surface area contributed by atoms with Gasteiger partial charge in [0.1, 0.15) is 12.2 Å². The van der Waals surface area contributed by atoms with E-state index in [2.05, 4.69) is 0 Å². The smallest absolute Gasteiger partial charge is 0.410 e. The second kappa shape index (κ2) is 11.7. The lowest BCUT2D eigenvalue weighted by atomic mass is 9.85. The molecule has 2 heterocycles. The van der Waals surface area contributed by atoms with Crippen LogP contribution >= 0.6 is 0 Å². The first kappa shape index (κ1) is 25.3. The molecule has 0 bridgehead atoms. The first-order chi connectivity index (χ1) is 15.7. The first-order valence-corrected chi connectivity index (χ1v) is 12.3. The van der Waals surface area contributed by atoms with E-state index in [0.29, 0.717) is 44.6 Å². The Morgan fingerprint density at radius 3 is 1.88 bits per heavy atom. The molecule has 0 radical (unpaired) electrons. The molecule has 2 saturated heterocycles. The number of nitrogens with zero attached hydrogens (tertiary/aromatic N) is 2. The zero-order chi connectivity index (χ0) is 23.8. The Bertz CT molecular complexity index is 748. The SMILES string of the molecule is CC(C)(C)OC(=O)N1CCC(CC(O)CC2CCN(C(=O)OCc3ccccc3)CC2)CC1. The van der Waals surface area contributed by atoms with Gasteiger partial charge in [-0.2, -0.15) is 0 Å². The molecule has 1 N–H and O–H groups in total. The van der Waals surface area contributed by atoms with Gasteiger partial charge >= 0.3 is 12.2 Å². The Kier molecular flexibility index (Phi) is 9.01. The molecule has 2 aliphatic heterocycles. The number of ether oxygens (including phenoxy) is 2. The summed E-state index contributed by atoms with van der Waals surface area (Å²) in [6, 6.07) is 9.71. The van der Waals surface area contributed by atoms with Crippen molar-refractivity contribution in [2.75, 3.05) is 26.2 Å². The maximum atomic E-state index is 12.3. The van der Waals surface area contributed by atoms with Crippen LogP contribution in [0.3, 0.4) is 0 Å². The lowest BCUT2D eigenvalue weighted by molar-refractivity contribution is 0.0152. The van der Waals surface area contributed by atoms with Gasteiger partial charge in [0, 0.05) is 26.2 Å². The number of aliphatic hydroxyl groups excluding tert-OH is 1. The van der Waals surface area contributed by atoms with Crippen LogP contribution in [0.2, 0.25) is 0 Å². The van der Waals surface area contributed by atoms with Crippen molar-refractivity contribution in [1.82, 2.24) is 9.80 Å². The number of carbonyl (C=O) groups excluding carboxylic acids is 2. The molecule has 1 aromatic carbocycles. The number of amides is 2. The van der Waals surface area contributed by atoms with Crippen molar-refractivity contribution in [3.8, 4) is 0 Å². The van der Waals surface area contributed by atoms with Crippen LogP contribution in [0.5, 0.6) is 0 Å². The van der Waals surface area contributed by atoms with Crippen LogP contribution in [-0.4, -0.2) is 65.0 Å². The highest BCUT2D eigenvalue weighted by Gasteiger charge is 2.29. The van der Waals surface area contributed by atoms with E-state index in [9.17, 15) is 14.7 Å². The zero-order valence-electron chi connectivity index (χ0n) is 20.4. The number of carbonyl (C=O) groups is 2. The molecule has 1 atom stereocenters. The number of hydrogen-bond acceptors (Lipinski definition) is 5. The summed E-state index contributed by atoms with van der Waals surface area (Å²) in [5.41, 5.74) is 0.513. The Labute approximate surface area is 198 Å². The van der Waals surface area contributed by atoms with Gasteiger partial charge in [-0.25, -0.2) is 9.59 Å². The number of rotatable bonds is 6. The average Bonchev–Trinajstić information content (AvgIpc) is 2.78. The van der Waals surface area contributed by atoms with Crippen molar-refractivity contribution in [3.63, 3.8) is 0 Å². The van der Waals surface area contributed by atoms with Crippen molar-refractivity contribution in [3.05, 3.63) is 35.9 Å². The zero-order valence-corrected chi connectivity index (χ0v) is 20.4. The van der Waals surface area contributed by atoms with Crippen molar-refractivity contribution in [1.29, 1.82) is 0 Å². The Hall–Kier alpha value is -2.28. The standard InChI is InChI=1S/C26H40N2O5/c1-26(2,3)33-25(31)28-15-11-21(12-16-28)18-23(29)17-20-9-13-27(14-10-20)24(30)32-19-22-7-5-4-6-8-22/h4-8,20-21,23,29H,9-19H2,1-3H3. The molecule has 2 amide bonds. The number of aliphatic hydroxyl groups is 1. The minimum absolute atomic E-state index is 0.240. The van der Waals surface area contributed by atoms with Gasteiger partial charge in [-0.3, -0.25) is 0 Å². The van der Waals surface area contributed by atoms with Gasteiger partial charge in [0.2, 0.25) is 0 Å². The predicted molar refractivity (Wildman–Crippen MR) is 127 cm³/mol. The molecule has 1 aromatic rings. The summed E-state index contributed by atoms with van der Waals surface area (Å²) in [6.45, 7) is 8.68. The van der Waals surface area contributed by atoms with E-state index in [1.54, 1.807) is 9.80 Å². The van der Waals surface area contributed by atoms with Gasteiger partial charge in [0.15, 0.2) is 0 Å². The third-order valence-electron chi connectivity index (χ3n) is 6.55. The van der Waals surface area contributed by atoms with Crippen molar-refractivity contribution in [2.45, 2.75) is 77.6 Å². The lowest BCUT2D eigenvalue weighted by Gasteiger charge is -2.35. The average molecular weight is 461 g/mol. The van der Waals surface area contributed by atoms with E-state index in [0.717, 1.165) is 44.1 Å². The van der Waals surface area contributed by atoms with Crippen LogP contribution in [0.4, 0.5) is 9.59 Å². The third-order valence-corrected chi connectivity index (χ3v) is 6.55. The molecule has 3 rings (SSSR count). The van der Waals surface area contributed by atoms with Crippen LogP contribution in [0.25, 0.3) is 0 Å². The molecule has 0 spiro atoms. The van der Waals surface area contributed by atoms with Gasteiger partial charge in [-0.1, -0.05) is 30.3 Å². The third kappa shape index (κ3) is 8.54. The molecule has 7 heteroatoms. The maximum absolute atomic E-state index is 12.3. The van der Waals surface area contributed by atoms with Gasteiger partial charge in [-0.15, -0.1) is 0 Å². The fourth-order valence-electron chi connectivity index (χ4n) is 4.71. The molecule has 0 aliphatic carbocycles. The molecular formula is C26H40N2O5. The monoisotopic (exact) mass is 460 g/mol. The summed E-state index contributed by atoms with van der Waals surface area (Å²) in [6.07, 6.45) is 4.34. The molecule has 33 heavy (non-hydrogen) atoms. The van der Waals surface area contributed by atoms with Crippen LogP contribution in [0.1, 0.15) is 64.9 Å². The summed E-state index contributed by atoms with van der Waals surface area (Å²) in [5, 5.41) is 10.7. The quantitative estimate of drug-likeness (QED) is 0.658. The van der Waals surface area contributed by atoms with Crippen LogP contribution in [0.15, 0.2) is 30.3 Å². The van der Waals surface area contributed by atoms with E-state index in [-0.39, 0.29) is 18.3 Å². The first-order valence-electron chi connectivity index (χ1n) is 12.3. The van der Waals surface area contributed by atoms with Gasteiger partial charge in [-0.05, 0) is 76.7 Å². The summed E-state index contributed by atoms with van der Waals surface area (Å²) in [4.78, 5) is 28.1. The largest absolute Gasteiger partial charge is 0.445 e. The molecule has 2 fully saturated rings. The number of benzene rings is 1. The minimum Gasteiger partial charge on any atom is -0.445 e. The van der Waals surface area contributed by atoms with E-state index in [4.69, 9.17) is 9.47 Å². The summed E-state index contributed by atoms with van der Waals surface area (Å²) >= 11 is 0. The molecule has 184 valence electrons.